The van der Waals surface area contributed by atoms with E-state index in [1.807, 2.05) is 42.5 Å². The molecule has 2 aromatic rings. The number of hydrogen-bond acceptors (Lipinski definition) is 4. The van der Waals surface area contributed by atoms with Crippen molar-refractivity contribution in [2.24, 2.45) is 5.92 Å². The summed E-state index contributed by atoms with van der Waals surface area (Å²) in [5.74, 6) is 1.18. The molecule has 33 heavy (non-hydrogen) atoms. The van der Waals surface area contributed by atoms with Gasteiger partial charge in [0.25, 0.3) is 5.91 Å². The van der Waals surface area contributed by atoms with Crippen molar-refractivity contribution in [2.45, 2.75) is 67.6 Å². The second kappa shape index (κ2) is 6.83. The molecule has 4 fully saturated rings. The van der Waals surface area contributed by atoms with Gasteiger partial charge < -0.3 is 15.2 Å². The van der Waals surface area contributed by atoms with Crippen molar-refractivity contribution in [1.82, 2.24) is 10.2 Å². The van der Waals surface area contributed by atoms with Gasteiger partial charge in [-0.3, -0.25) is 9.69 Å². The molecule has 3 saturated heterocycles. The van der Waals surface area contributed by atoms with Crippen LogP contribution in [0.15, 0.2) is 48.5 Å². The van der Waals surface area contributed by atoms with Gasteiger partial charge in [0.1, 0.15) is 5.75 Å². The quantitative estimate of drug-likeness (QED) is 0.737. The number of likely N-dealkylation sites (tertiary alicyclic amines) is 1. The molecular formula is C28H32N2O3. The van der Waals surface area contributed by atoms with Gasteiger partial charge in [0.2, 0.25) is 0 Å². The minimum absolute atomic E-state index is 0.0294. The summed E-state index contributed by atoms with van der Waals surface area (Å²) in [5.41, 5.74) is 2.77. The van der Waals surface area contributed by atoms with E-state index < -0.39 is 0 Å². The summed E-state index contributed by atoms with van der Waals surface area (Å²) in [6, 6.07) is 15.8. The molecule has 2 N–H and O–H groups in total. The third-order valence-electron chi connectivity index (χ3n) is 9.41. The molecule has 0 aromatic heterocycles. The molecule has 172 valence electrons. The summed E-state index contributed by atoms with van der Waals surface area (Å²) in [7, 11) is 0. The lowest BCUT2D eigenvalue weighted by molar-refractivity contribution is -0.139. The maximum atomic E-state index is 12.8. The van der Waals surface area contributed by atoms with E-state index in [0.29, 0.717) is 23.9 Å². The number of carbonyl (C=O) groups is 1. The number of carbonyl (C=O) groups excluding carboxylic acids is 1. The summed E-state index contributed by atoms with van der Waals surface area (Å²) >= 11 is 0. The third kappa shape index (κ3) is 2.82. The Hall–Kier alpha value is -2.37. The lowest BCUT2D eigenvalue weighted by Crippen LogP contribution is -2.69. The van der Waals surface area contributed by atoms with Crippen LogP contribution in [0.25, 0.3) is 0 Å². The molecule has 1 spiro atoms. The Balaban J connectivity index is 1.24. The minimum Gasteiger partial charge on any atom is -0.508 e. The number of phenolic OH excluding ortho intramolecular Hbond substituents is 1. The van der Waals surface area contributed by atoms with Crippen molar-refractivity contribution >= 4 is 5.91 Å². The van der Waals surface area contributed by atoms with Crippen LogP contribution in [-0.4, -0.2) is 52.8 Å². The SMILES string of the molecule is O=C(NC[C@]12CC[C@@]3(O1)[C@H]1Cc4ccc(O)cc4[C@@]3(CCN1CC1CC1)C2)c1ccccc1. The van der Waals surface area contributed by atoms with Crippen molar-refractivity contribution in [3.8, 4) is 5.75 Å². The second-order valence-electron chi connectivity index (χ2n) is 11.2. The average molecular weight is 445 g/mol. The number of nitrogens with zero attached hydrogens (tertiary/aromatic N) is 1. The number of aromatic hydroxyl groups is 1. The van der Waals surface area contributed by atoms with Gasteiger partial charge in [-0.2, -0.15) is 0 Å². The molecule has 1 amide bonds. The molecular weight excluding hydrogens is 412 g/mol. The zero-order valence-electron chi connectivity index (χ0n) is 19.1. The van der Waals surface area contributed by atoms with Crippen LogP contribution >= 0.6 is 0 Å². The van der Waals surface area contributed by atoms with E-state index in [-0.39, 0.29) is 22.5 Å². The second-order valence-corrected chi connectivity index (χ2v) is 11.2. The van der Waals surface area contributed by atoms with Crippen molar-refractivity contribution in [1.29, 1.82) is 0 Å². The maximum Gasteiger partial charge on any atom is 0.251 e. The van der Waals surface area contributed by atoms with Gasteiger partial charge in [-0.15, -0.1) is 0 Å². The smallest absolute Gasteiger partial charge is 0.251 e. The Morgan fingerprint density at radius 3 is 2.79 bits per heavy atom. The molecule has 4 bridgehead atoms. The van der Waals surface area contributed by atoms with Crippen LogP contribution in [0.4, 0.5) is 0 Å². The molecule has 3 heterocycles. The fourth-order valence-corrected chi connectivity index (χ4v) is 7.82. The van der Waals surface area contributed by atoms with E-state index in [4.69, 9.17) is 4.74 Å². The van der Waals surface area contributed by atoms with E-state index in [2.05, 4.69) is 16.3 Å². The average Bonchev–Trinajstić information content (AvgIpc) is 3.50. The molecule has 4 atom stereocenters. The molecule has 7 rings (SSSR count). The number of rotatable bonds is 5. The number of benzene rings is 2. The predicted molar refractivity (Wildman–Crippen MR) is 125 cm³/mol. The molecule has 0 unspecified atom stereocenters. The highest BCUT2D eigenvalue weighted by atomic mass is 16.5. The number of phenols is 1. The topological polar surface area (TPSA) is 61.8 Å². The first-order valence-electron chi connectivity index (χ1n) is 12.6. The monoisotopic (exact) mass is 444 g/mol. The highest BCUT2D eigenvalue weighted by Gasteiger charge is 2.75. The van der Waals surface area contributed by atoms with Crippen LogP contribution < -0.4 is 5.32 Å². The fraction of sp³-hybridized carbons (Fsp3) is 0.536. The van der Waals surface area contributed by atoms with Gasteiger partial charge in [-0.1, -0.05) is 24.3 Å². The van der Waals surface area contributed by atoms with Gasteiger partial charge >= 0.3 is 0 Å². The number of piperidine rings is 1. The molecule has 2 aromatic carbocycles. The van der Waals surface area contributed by atoms with E-state index >= 15 is 0 Å². The summed E-state index contributed by atoms with van der Waals surface area (Å²) in [5, 5.41) is 13.6. The molecule has 3 aliphatic heterocycles. The van der Waals surface area contributed by atoms with Gasteiger partial charge in [0.05, 0.1) is 11.2 Å². The van der Waals surface area contributed by atoms with Crippen molar-refractivity contribution in [3.05, 3.63) is 65.2 Å². The van der Waals surface area contributed by atoms with Gasteiger partial charge in [0, 0.05) is 30.1 Å². The summed E-state index contributed by atoms with van der Waals surface area (Å²) < 4.78 is 7.19. The molecule has 2 aliphatic carbocycles. The van der Waals surface area contributed by atoms with E-state index in [0.717, 1.165) is 44.6 Å². The zero-order chi connectivity index (χ0) is 22.3. The molecule has 1 saturated carbocycles. The number of nitrogens with one attached hydrogen (secondary N) is 1. The zero-order valence-corrected chi connectivity index (χ0v) is 19.1. The Kier molecular flexibility index (Phi) is 4.15. The lowest BCUT2D eigenvalue weighted by atomic mass is 9.50. The Bertz CT molecular complexity index is 1120. The molecule has 0 radical (unpaired) electrons. The lowest BCUT2D eigenvalue weighted by Gasteiger charge is -2.60. The van der Waals surface area contributed by atoms with E-state index in [9.17, 15) is 9.90 Å². The maximum absolute atomic E-state index is 12.8. The molecule has 5 aliphatic rings. The standard InChI is InChI=1S/C28H32N2O3/c31-22-9-8-21-14-24-28-11-10-26(33-28,18-29-25(32)20-4-2-1-3-5-20)17-27(28,23(21)15-22)12-13-30(24)16-19-6-7-19/h1-5,8-9,15,19,24,31H,6-7,10-14,16-18H2,(H,29,32)/t24-,26-,27-,28-/m1/s1. The normalized spacial score (nSPS) is 36.3. The van der Waals surface area contributed by atoms with Crippen LogP contribution in [0.1, 0.15) is 60.0 Å². The summed E-state index contributed by atoms with van der Waals surface area (Å²) in [4.78, 5) is 15.6. The van der Waals surface area contributed by atoms with Gasteiger partial charge in [-0.25, -0.2) is 0 Å². The van der Waals surface area contributed by atoms with Gasteiger partial charge in [-0.05, 0) is 92.8 Å². The summed E-state index contributed by atoms with van der Waals surface area (Å²) in [6.07, 6.45) is 7.75. The van der Waals surface area contributed by atoms with E-state index in [1.165, 1.54) is 30.5 Å². The number of amides is 1. The number of hydrogen-bond donors (Lipinski definition) is 2. The Morgan fingerprint density at radius 2 is 1.97 bits per heavy atom. The Morgan fingerprint density at radius 1 is 1.12 bits per heavy atom. The minimum atomic E-state index is -0.328. The first kappa shape index (κ1) is 20.0. The van der Waals surface area contributed by atoms with Crippen LogP contribution in [0.3, 0.4) is 0 Å². The molecule has 5 nitrogen and oxygen atoms in total. The third-order valence-corrected chi connectivity index (χ3v) is 9.41. The first-order chi connectivity index (χ1) is 16.0. The van der Waals surface area contributed by atoms with Crippen LogP contribution in [0.5, 0.6) is 5.75 Å². The van der Waals surface area contributed by atoms with Crippen molar-refractivity contribution in [2.75, 3.05) is 19.6 Å². The Labute approximate surface area is 195 Å². The van der Waals surface area contributed by atoms with Gasteiger partial charge in [0.15, 0.2) is 0 Å². The molecule has 5 heteroatoms. The van der Waals surface area contributed by atoms with Crippen LogP contribution in [0.2, 0.25) is 0 Å². The fourth-order valence-electron chi connectivity index (χ4n) is 7.82. The number of fused-ring (bicyclic) bond motifs is 2. The van der Waals surface area contributed by atoms with Crippen molar-refractivity contribution < 1.29 is 14.6 Å². The van der Waals surface area contributed by atoms with E-state index in [1.54, 1.807) is 0 Å². The first-order valence-corrected chi connectivity index (χ1v) is 12.6. The largest absolute Gasteiger partial charge is 0.508 e. The predicted octanol–water partition coefficient (Wildman–Crippen LogP) is 3.79. The number of ether oxygens (including phenoxy) is 1. The van der Waals surface area contributed by atoms with Crippen LogP contribution in [0, 0.1) is 5.92 Å². The van der Waals surface area contributed by atoms with Crippen molar-refractivity contribution in [3.63, 3.8) is 0 Å². The summed E-state index contributed by atoms with van der Waals surface area (Å²) in [6.45, 7) is 2.85. The highest BCUT2D eigenvalue weighted by Crippen LogP contribution is 2.69. The highest BCUT2D eigenvalue weighted by molar-refractivity contribution is 5.94. The van der Waals surface area contributed by atoms with Crippen LogP contribution in [-0.2, 0) is 16.6 Å².